The van der Waals surface area contributed by atoms with Gasteiger partial charge in [-0.2, -0.15) is 13.2 Å². The van der Waals surface area contributed by atoms with Crippen molar-refractivity contribution >= 4 is 5.91 Å². The lowest BCUT2D eigenvalue weighted by atomic mass is 10.2. The van der Waals surface area contributed by atoms with E-state index in [0.717, 1.165) is 6.42 Å². The summed E-state index contributed by atoms with van der Waals surface area (Å²) in [7, 11) is 0. The molecule has 88 valence electrons. The quantitative estimate of drug-likeness (QED) is 0.689. The Morgan fingerprint density at radius 3 is 2.73 bits per heavy atom. The normalized spacial score (nSPS) is 21.8. The summed E-state index contributed by atoms with van der Waals surface area (Å²) in [5.74, 6) is 0.0251. The molecule has 0 aromatic heterocycles. The monoisotopic (exact) mass is 224 g/mol. The molecule has 1 rings (SSSR count). The molecule has 0 bridgehead atoms. The fourth-order valence-electron chi connectivity index (χ4n) is 1.52. The Morgan fingerprint density at radius 1 is 1.47 bits per heavy atom. The van der Waals surface area contributed by atoms with Crippen LogP contribution in [-0.2, 0) is 4.79 Å². The zero-order chi connectivity index (χ0) is 11.3. The Balaban J connectivity index is 1.95. The highest BCUT2D eigenvalue weighted by atomic mass is 19.4. The van der Waals surface area contributed by atoms with E-state index in [4.69, 9.17) is 0 Å². The highest BCUT2D eigenvalue weighted by Crippen LogP contribution is 2.20. The molecule has 0 aliphatic carbocycles. The van der Waals surface area contributed by atoms with Crippen LogP contribution in [0, 0.1) is 0 Å². The third-order valence-electron chi connectivity index (χ3n) is 2.29. The SMILES string of the molecule is O=C1CCC(CNCCCC(F)(F)F)N1. The molecule has 1 amide bonds. The van der Waals surface area contributed by atoms with Crippen molar-refractivity contribution in [1.82, 2.24) is 10.6 Å². The average Bonchev–Trinajstić information content (AvgIpc) is 2.49. The number of carbonyl (C=O) groups excluding carboxylic acids is 1. The van der Waals surface area contributed by atoms with Crippen molar-refractivity contribution in [3.05, 3.63) is 0 Å². The second kappa shape index (κ2) is 5.34. The summed E-state index contributed by atoms with van der Waals surface area (Å²) >= 11 is 0. The molecule has 0 aromatic carbocycles. The van der Waals surface area contributed by atoms with Crippen LogP contribution in [0.3, 0.4) is 0 Å². The summed E-state index contributed by atoms with van der Waals surface area (Å²) in [6.07, 6.45) is -3.44. The first kappa shape index (κ1) is 12.3. The van der Waals surface area contributed by atoms with Crippen LogP contribution in [0.1, 0.15) is 25.7 Å². The lowest BCUT2D eigenvalue weighted by Crippen LogP contribution is -2.36. The van der Waals surface area contributed by atoms with E-state index in [1.165, 1.54) is 0 Å². The van der Waals surface area contributed by atoms with Crippen molar-refractivity contribution in [3.63, 3.8) is 0 Å². The average molecular weight is 224 g/mol. The fourth-order valence-corrected chi connectivity index (χ4v) is 1.52. The summed E-state index contributed by atoms with van der Waals surface area (Å²) < 4.78 is 35.3. The van der Waals surface area contributed by atoms with E-state index in [-0.39, 0.29) is 18.4 Å². The van der Waals surface area contributed by atoms with Crippen LogP contribution in [0.2, 0.25) is 0 Å². The van der Waals surface area contributed by atoms with Gasteiger partial charge in [-0.25, -0.2) is 0 Å². The van der Waals surface area contributed by atoms with Crippen molar-refractivity contribution in [2.45, 2.75) is 37.9 Å². The van der Waals surface area contributed by atoms with E-state index < -0.39 is 12.6 Å². The Bertz CT molecular complexity index is 218. The number of hydrogen-bond donors (Lipinski definition) is 2. The molecule has 15 heavy (non-hydrogen) atoms. The van der Waals surface area contributed by atoms with Gasteiger partial charge in [-0.3, -0.25) is 4.79 Å². The summed E-state index contributed by atoms with van der Waals surface area (Å²) in [4.78, 5) is 10.8. The molecule has 0 aromatic rings. The molecule has 1 aliphatic heterocycles. The largest absolute Gasteiger partial charge is 0.389 e. The summed E-state index contributed by atoms with van der Waals surface area (Å²) in [5, 5.41) is 5.64. The zero-order valence-corrected chi connectivity index (χ0v) is 8.36. The lowest BCUT2D eigenvalue weighted by molar-refractivity contribution is -0.135. The van der Waals surface area contributed by atoms with E-state index >= 15 is 0 Å². The molecule has 1 atom stereocenters. The second-order valence-corrected chi connectivity index (χ2v) is 3.73. The minimum atomic E-state index is -4.07. The zero-order valence-electron chi connectivity index (χ0n) is 8.36. The van der Waals surface area contributed by atoms with Crippen LogP contribution in [-0.4, -0.2) is 31.2 Å². The highest BCUT2D eigenvalue weighted by molar-refractivity contribution is 5.78. The number of halogens is 3. The fraction of sp³-hybridized carbons (Fsp3) is 0.889. The van der Waals surface area contributed by atoms with E-state index in [1.54, 1.807) is 0 Å². The molecule has 1 heterocycles. The summed E-state index contributed by atoms with van der Waals surface area (Å²) in [6.45, 7) is 0.898. The first-order chi connectivity index (χ1) is 6.97. The smallest absolute Gasteiger partial charge is 0.352 e. The van der Waals surface area contributed by atoms with Gasteiger partial charge >= 0.3 is 6.18 Å². The molecule has 0 saturated carbocycles. The molecule has 1 aliphatic rings. The number of rotatable bonds is 5. The van der Waals surface area contributed by atoms with Gasteiger partial charge in [0, 0.05) is 25.4 Å². The Morgan fingerprint density at radius 2 is 2.20 bits per heavy atom. The number of alkyl halides is 3. The Hall–Kier alpha value is -0.780. The van der Waals surface area contributed by atoms with Crippen LogP contribution in [0.5, 0.6) is 0 Å². The minimum absolute atomic E-state index is 0.0251. The third-order valence-corrected chi connectivity index (χ3v) is 2.29. The standard InChI is InChI=1S/C9H15F3N2O/c10-9(11,12)4-1-5-13-6-7-2-3-8(15)14-7/h7,13H,1-6H2,(H,14,15). The predicted octanol–water partition coefficient (Wildman–Crippen LogP) is 1.20. The van der Waals surface area contributed by atoms with Crippen molar-refractivity contribution in [2.75, 3.05) is 13.1 Å². The van der Waals surface area contributed by atoms with E-state index in [1.807, 2.05) is 0 Å². The maximum atomic E-state index is 11.8. The van der Waals surface area contributed by atoms with Gasteiger partial charge in [-0.15, -0.1) is 0 Å². The molecule has 0 radical (unpaired) electrons. The van der Waals surface area contributed by atoms with Crippen molar-refractivity contribution in [3.8, 4) is 0 Å². The van der Waals surface area contributed by atoms with Gasteiger partial charge in [0.2, 0.25) is 5.91 Å². The topological polar surface area (TPSA) is 41.1 Å². The Kier molecular flexibility index (Phi) is 4.38. The molecule has 1 saturated heterocycles. The molecule has 1 fully saturated rings. The van der Waals surface area contributed by atoms with Gasteiger partial charge in [0.25, 0.3) is 0 Å². The lowest BCUT2D eigenvalue weighted by Gasteiger charge is -2.11. The molecule has 3 nitrogen and oxygen atoms in total. The van der Waals surface area contributed by atoms with E-state index in [0.29, 0.717) is 19.5 Å². The first-order valence-corrected chi connectivity index (χ1v) is 5.04. The second-order valence-electron chi connectivity index (χ2n) is 3.73. The number of nitrogens with one attached hydrogen (secondary N) is 2. The molecule has 1 unspecified atom stereocenters. The van der Waals surface area contributed by atoms with Gasteiger partial charge in [-0.1, -0.05) is 0 Å². The predicted molar refractivity (Wildman–Crippen MR) is 49.3 cm³/mol. The molecule has 2 N–H and O–H groups in total. The number of hydrogen-bond acceptors (Lipinski definition) is 2. The van der Waals surface area contributed by atoms with Gasteiger partial charge in [0.05, 0.1) is 0 Å². The van der Waals surface area contributed by atoms with Crippen LogP contribution < -0.4 is 10.6 Å². The van der Waals surface area contributed by atoms with Crippen LogP contribution >= 0.6 is 0 Å². The molecular weight excluding hydrogens is 209 g/mol. The van der Waals surface area contributed by atoms with Gasteiger partial charge < -0.3 is 10.6 Å². The molecular formula is C9H15F3N2O. The first-order valence-electron chi connectivity index (χ1n) is 5.04. The highest BCUT2D eigenvalue weighted by Gasteiger charge is 2.26. The van der Waals surface area contributed by atoms with Gasteiger partial charge in [0.1, 0.15) is 0 Å². The minimum Gasteiger partial charge on any atom is -0.352 e. The molecule has 6 heteroatoms. The van der Waals surface area contributed by atoms with Crippen LogP contribution in [0.25, 0.3) is 0 Å². The number of carbonyl (C=O) groups is 1. The number of amides is 1. The van der Waals surface area contributed by atoms with E-state index in [2.05, 4.69) is 10.6 Å². The van der Waals surface area contributed by atoms with Gasteiger partial charge in [-0.05, 0) is 19.4 Å². The maximum Gasteiger partial charge on any atom is 0.389 e. The molecule has 0 spiro atoms. The summed E-state index contributed by atoms with van der Waals surface area (Å²) in [5.41, 5.74) is 0. The van der Waals surface area contributed by atoms with Crippen molar-refractivity contribution in [1.29, 1.82) is 0 Å². The van der Waals surface area contributed by atoms with Crippen molar-refractivity contribution in [2.24, 2.45) is 0 Å². The summed E-state index contributed by atoms with van der Waals surface area (Å²) in [6, 6.07) is 0.0865. The van der Waals surface area contributed by atoms with Crippen LogP contribution in [0.15, 0.2) is 0 Å². The maximum absolute atomic E-state index is 11.8. The third kappa shape index (κ3) is 5.61. The van der Waals surface area contributed by atoms with Gasteiger partial charge in [0.15, 0.2) is 0 Å². The Labute approximate surface area is 86.4 Å². The van der Waals surface area contributed by atoms with Crippen molar-refractivity contribution < 1.29 is 18.0 Å². The van der Waals surface area contributed by atoms with Crippen LogP contribution in [0.4, 0.5) is 13.2 Å². The van der Waals surface area contributed by atoms with E-state index in [9.17, 15) is 18.0 Å².